The van der Waals surface area contributed by atoms with Gasteiger partial charge in [-0.2, -0.15) is 0 Å². The van der Waals surface area contributed by atoms with Gasteiger partial charge in [0.2, 0.25) is 5.89 Å². The van der Waals surface area contributed by atoms with Crippen LogP contribution >= 0.6 is 11.6 Å². The first-order valence-electron chi connectivity index (χ1n) is 5.24. The molecule has 0 aliphatic carbocycles. The van der Waals surface area contributed by atoms with Crippen molar-refractivity contribution in [2.45, 2.75) is 12.0 Å². The highest BCUT2D eigenvalue weighted by atomic mass is 35.5. The van der Waals surface area contributed by atoms with E-state index >= 15 is 0 Å². The Morgan fingerprint density at radius 2 is 2.24 bits per heavy atom. The minimum absolute atomic E-state index is 0.0318. The second-order valence-corrected chi connectivity index (χ2v) is 4.50. The molecule has 1 fully saturated rings. The summed E-state index contributed by atoms with van der Waals surface area (Å²) in [6, 6.07) is 2.54. The van der Waals surface area contributed by atoms with Gasteiger partial charge in [0, 0.05) is 12.1 Å². The van der Waals surface area contributed by atoms with E-state index in [1.807, 2.05) is 0 Å². The van der Waals surface area contributed by atoms with Crippen molar-refractivity contribution in [3.8, 4) is 0 Å². The molecule has 1 aromatic carbocycles. The van der Waals surface area contributed by atoms with Gasteiger partial charge in [-0.15, -0.1) is 0 Å². The molecule has 2 N–H and O–H groups in total. The van der Waals surface area contributed by atoms with E-state index in [0.717, 1.165) is 0 Å². The second kappa shape index (κ2) is 3.94. The third kappa shape index (κ3) is 1.80. The minimum Gasteiger partial charge on any atom is -0.440 e. The number of nitrogens with zero attached hydrogens (tertiary/aromatic N) is 1. The van der Waals surface area contributed by atoms with Gasteiger partial charge in [-0.05, 0) is 6.07 Å². The number of hydrogen-bond acceptors (Lipinski definition) is 4. The summed E-state index contributed by atoms with van der Waals surface area (Å²) < 4.78 is 24.0. The summed E-state index contributed by atoms with van der Waals surface area (Å²) >= 11 is 5.68. The standard InChI is InChI=1S/C11H10ClFN2O2/c12-6-1-9-10(2-7(6)13)17-11(15-9)5-3-16-4-8(5)14/h1-2,5,8H,3-4,14H2. The van der Waals surface area contributed by atoms with Crippen molar-refractivity contribution in [2.24, 2.45) is 5.73 Å². The number of oxazole rings is 1. The van der Waals surface area contributed by atoms with Crippen LogP contribution in [0.4, 0.5) is 4.39 Å². The SMILES string of the molecule is NC1COCC1c1nc2cc(Cl)c(F)cc2o1. The van der Waals surface area contributed by atoms with Crippen molar-refractivity contribution in [3.05, 3.63) is 28.9 Å². The van der Waals surface area contributed by atoms with Crippen LogP contribution in [0.3, 0.4) is 0 Å². The fourth-order valence-corrected chi connectivity index (χ4v) is 2.08. The molecule has 0 amide bonds. The molecule has 2 aromatic rings. The number of benzene rings is 1. The Morgan fingerprint density at radius 1 is 1.41 bits per heavy atom. The maximum absolute atomic E-state index is 13.2. The molecule has 17 heavy (non-hydrogen) atoms. The summed E-state index contributed by atoms with van der Waals surface area (Å²) in [5.41, 5.74) is 6.78. The Hall–Kier alpha value is -1.17. The van der Waals surface area contributed by atoms with Crippen LogP contribution in [0.25, 0.3) is 11.1 Å². The maximum Gasteiger partial charge on any atom is 0.202 e. The number of aromatic nitrogens is 1. The third-order valence-electron chi connectivity index (χ3n) is 2.89. The Kier molecular flexibility index (Phi) is 2.54. The molecule has 6 heteroatoms. The average Bonchev–Trinajstić information content (AvgIpc) is 2.85. The van der Waals surface area contributed by atoms with E-state index in [-0.39, 0.29) is 17.0 Å². The van der Waals surface area contributed by atoms with Crippen molar-refractivity contribution in [1.82, 2.24) is 4.98 Å². The Morgan fingerprint density at radius 3 is 2.94 bits per heavy atom. The van der Waals surface area contributed by atoms with Crippen LogP contribution in [0.15, 0.2) is 16.5 Å². The summed E-state index contributed by atoms with van der Waals surface area (Å²) in [6.45, 7) is 0.961. The van der Waals surface area contributed by atoms with Crippen molar-refractivity contribution >= 4 is 22.7 Å². The zero-order valence-corrected chi connectivity index (χ0v) is 9.58. The van der Waals surface area contributed by atoms with Gasteiger partial charge in [0.1, 0.15) is 11.3 Å². The fraction of sp³-hybridized carbons (Fsp3) is 0.364. The van der Waals surface area contributed by atoms with Gasteiger partial charge >= 0.3 is 0 Å². The summed E-state index contributed by atoms with van der Waals surface area (Å²) in [5, 5.41) is 0.0318. The molecule has 0 bridgehead atoms. The Labute approximate surface area is 102 Å². The number of hydrogen-bond donors (Lipinski definition) is 1. The molecule has 1 saturated heterocycles. The van der Waals surface area contributed by atoms with Gasteiger partial charge in [0.25, 0.3) is 0 Å². The summed E-state index contributed by atoms with van der Waals surface area (Å²) in [7, 11) is 0. The molecular weight excluding hydrogens is 247 g/mol. The van der Waals surface area contributed by atoms with E-state index in [9.17, 15) is 4.39 Å². The molecule has 4 nitrogen and oxygen atoms in total. The van der Waals surface area contributed by atoms with E-state index in [2.05, 4.69) is 4.98 Å². The quantitative estimate of drug-likeness (QED) is 0.848. The highest BCUT2D eigenvalue weighted by Gasteiger charge is 2.30. The molecule has 1 aromatic heterocycles. The smallest absolute Gasteiger partial charge is 0.202 e. The fourth-order valence-electron chi connectivity index (χ4n) is 1.93. The van der Waals surface area contributed by atoms with E-state index < -0.39 is 5.82 Å². The van der Waals surface area contributed by atoms with Crippen LogP contribution in [0.2, 0.25) is 5.02 Å². The lowest BCUT2D eigenvalue weighted by atomic mass is 10.1. The van der Waals surface area contributed by atoms with Crippen LogP contribution in [-0.4, -0.2) is 24.2 Å². The zero-order chi connectivity index (χ0) is 12.0. The highest BCUT2D eigenvalue weighted by Crippen LogP contribution is 2.29. The van der Waals surface area contributed by atoms with E-state index in [1.54, 1.807) is 0 Å². The topological polar surface area (TPSA) is 61.3 Å². The van der Waals surface area contributed by atoms with Gasteiger partial charge < -0.3 is 14.9 Å². The molecular formula is C11H10ClFN2O2. The number of ether oxygens (including phenoxy) is 1. The molecule has 0 saturated carbocycles. The molecule has 1 aliphatic rings. The molecule has 90 valence electrons. The summed E-state index contributed by atoms with van der Waals surface area (Å²) in [5.74, 6) is -0.121. The third-order valence-corrected chi connectivity index (χ3v) is 3.18. The summed E-state index contributed by atoms with van der Waals surface area (Å²) in [6.07, 6.45) is 0. The Balaban J connectivity index is 2.07. The van der Waals surface area contributed by atoms with Crippen LogP contribution in [0.5, 0.6) is 0 Å². The number of nitrogens with two attached hydrogens (primary N) is 1. The molecule has 0 radical (unpaired) electrons. The lowest BCUT2D eigenvalue weighted by Gasteiger charge is -2.07. The lowest BCUT2D eigenvalue weighted by molar-refractivity contribution is 0.188. The molecule has 2 heterocycles. The van der Waals surface area contributed by atoms with Crippen molar-refractivity contribution < 1.29 is 13.5 Å². The lowest BCUT2D eigenvalue weighted by Crippen LogP contribution is -2.26. The van der Waals surface area contributed by atoms with Crippen LogP contribution in [-0.2, 0) is 4.74 Å². The Bertz CT molecular complexity index is 533. The largest absolute Gasteiger partial charge is 0.440 e. The first-order chi connectivity index (χ1) is 8.15. The molecule has 3 rings (SSSR count). The average molecular weight is 257 g/mol. The van der Waals surface area contributed by atoms with Crippen molar-refractivity contribution in [3.63, 3.8) is 0 Å². The van der Waals surface area contributed by atoms with Crippen LogP contribution in [0, 0.1) is 5.82 Å². The maximum atomic E-state index is 13.2. The van der Waals surface area contributed by atoms with Crippen LogP contribution < -0.4 is 5.73 Å². The van der Waals surface area contributed by atoms with Gasteiger partial charge in [0.15, 0.2) is 5.58 Å². The second-order valence-electron chi connectivity index (χ2n) is 4.09. The molecule has 2 unspecified atom stereocenters. The van der Waals surface area contributed by atoms with Gasteiger partial charge in [-0.1, -0.05) is 11.6 Å². The number of halogens is 2. The monoisotopic (exact) mass is 256 g/mol. The number of rotatable bonds is 1. The molecule has 0 spiro atoms. The van der Waals surface area contributed by atoms with Gasteiger partial charge in [-0.25, -0.2) is 9.37 Å². The van der Waals surface area contributed by atoms with E-state index in [4.69, 9.17) is 26.5 Å². The molecule has 2 atom stereocenters. The predicted octanol–water partition coefficient (Wildman–Crippen LogP) is 2.06. The first-order valence-corrected chi connectivity index (χ1v) is 5.62. The number of fused-ring (bicyclic) bond motifs is 1. The van der Waals surface area contributed by atoms with E-state index in [1.165, 1.54) is 12.1 Å². The van der Waals surface area contributed by atoms with Crippen LogP contribution in [0.1, 0.15) is 11.8 Å². The van der Waals surface area contributed by atoms with E-state index in [0.29, 0.717) is 30.2 Å². The normalized spacial score (nSPS) is 24.6. The first kappa shape index (κ1) is 11.0. The zero-order valence-electron chi connectivity index (χ0n) is 8.82. The van der Waals surface area contributed by atoms with Gasteiger partial charge in [-0.3, -0.25) is 0 Å². The molecule has 1 aliphatic heterocycles. The highest BCUT2D eigenvalue weighted by molar-refractivity contribution is 6.31. The van der Waals surface area contributed by atoms with Crippen molar-refractivity contribution in [2.75, 3.05) is 13.2 Å². The van der Waals surface area contributed by atoms with Crippen molar-refractivity contribution in [1.29, 1.82) is 0 Å². The predicted molar refractivity (Wildman–Crippen MR) is 60.5 cm³/mol. The van der Waals surface area contributed by atoms with Gasteiger partial charge in [0.05, 0.1) is 24.2 Å². The minimum atomic E-state index is -0.520. The summed E-state index contributed by atoms with van der Waals surface area (Å²) in [4.78, 5) is 4.27.